The number of nitrogens with zero attached hydrogens (tertiary/aromatic N) is 1. The molecule has 3 aromatic rings. The molecule has 1 N–H and O–H groups in total. The molecular formula is C25H24N2O8. The van der Waals surface area contributed by atoms with E-state index in [2.05, 4.69) is 4.98 Å². The predicted molar refractivity (Wildman–Crippen MR) is 122 cm³/mol. The predicted octanol–water partition coefficient (Wildman–Crippen LogP) is 1.65. The maximum absolute atomic E-state index is 12.6. The van der Waals surface area contributed by atoms with Crippen molar-refractivity contribution in [2.45, 2.75) is 30.6 Å². The molecule has 1 aromatic heterocycles. The third-order valence-corrected chi connectivity index (χ3v) is 6.14. The lowest BCUT2D eigenvalue weighted by Crippen LogP contribution is -2.47. The second kappa shape index (κ2) is 9.49. The third kappa shape index (κ3) is 4.51. The van der Waals surface area contributed by atoms with E-state index in [0.717, 1.165) is 11.3 Å². The molecule has 35 heavy (non-hydrogen) atoms. The molecule has 4 atom stereocenters. The minimum Gasteiger partial charge on any atom is -0.497 e. The average molecular weight is 480 g/mol. The van der Waals surface area contributed by atoms with Crippen molar-refractivity contribution in [1.82, 2.24) is 9.55 Å². The van der Waals surface area contributed by atoms with Gasteiger partial charge in [-0.25, -0.2) is 9.59 Å². The van der Waals surface area contributed by atoms with Gasteiger partial charge in [0.1, 0.15) is 24.6 Å². The van der Waals surface area contributed by atoms with E-state index in [-0.39, 0.29) is 19.8 Å². The summed E-state index contributed by atoms with van der Waals surface area (Å²) in [6, 6.07) is 17.3. The molecular weight excluding hydrogens is 456 g/mol. The Labute approximate surface area is 200 Å². The molecule has 0 saturated carbocycles. The van der Waals surface area contributed by atoms with Crippen LogP contribution in [0.1, 0.15) is 22.1 Å². The molecule has 2 bridgehead atoms. The number of nitrogens with one attached hydrogen (secondary N) is 1. The van der Waals surface area contributed by atoms with Gasteiger partial charge in [-0.3, -0.25) is 14.3 Å². The molecule has 5 rings (SSSR count). The van der Waals surface area contributed by atoms with Crippen molar-refractivity contribution in [2.24, 2.45) is 0 Å². The lowest BCUT2D eigenvalue weighted by molar-refractivity contribution is -0.189. The zero-order valence-corrected chi connectivity index (χ0v) is 18.9. The lowest BCUT2D eigenvalue weighted by Gasteiger charge is -2.31. The van der Waals surface area contributed by atoms with E-state index in [0.29, 0.717) is 5.56 Å². The van der Waals surface area contributed by atoms with Crippen LogP contribution in [0.3, 0.4) is 0 Å². The molecule has 182 valence electrons. The van der Waals surface area contributed by atoms with Gasteiger partial charge in [-0.05, 0) is 29.8 Å². The quantitative estimate of drug-likeness (QED) is 0.484. The van der Waals surface area contributed by atoms with Crippen molar-refractivity contribution in [2.75, 3.05) is 20.3 Å². The van der Waals surface area contributed by atoms with E-state index in [1.807, 2.05) is 24.3 Å². The summed E-state index contributed by atoms with van der Waals surface area (Å²) < 4.78 is 30.5. The van der Waals surface area contributed by atoms with E-state index >= 15 is 0 Å². The van der Waals surface area contributed by atoms with Crippen molar-refractivity contribution in [3.63, 3.8) is 0 Å². The number of fused-ring (bicyclic) bond motifs is 2. The summed E-state index contributed by atoms with van der Waals surface area (Å²) in [6.07, 6.45) is -0.825. The van der Waals surface area contributed by atoms with E-state index in [4.69, 9.17) is 23.7 Å². The monoisotopic (exact) mass is 480 g/mol. The number of esters is 1. The smallest absolute Gasteiger partial charge is 0.338 e. The first-order chi connectivity index (χ1) is 17.0. The van der Waals surface area contributed by atoms with E-state index in [1.54, 1.807) is 37.4 Å². The summed E-state index contributed by atoms with van der Waals surface area (Å²) >= 11 is 0. The number of carbonyl (C=O) groups excluding carboxylic acids is 1. The molecule has 0 radical (unpaired) electrons. The average Bonchev–Trinajstić information content (AvgIpc) is 3.39. The van der Waals surface area contributed by atoms with Gasteiger partial charge in [-0.15, -0.1) is 0 Å². The normalized spacial score (nSPS) is 24.9. The highest BCUT2D eigenvalue weighted by Gasteiger charge is 2.64. The first-order valence-corrected chi connectivity index (χ1v) is 11.1. The minimum atomic E-state index is -1.14. The third-order valence-electron chi connectivity index (χ3n) is 6.14. The van der Waals surface area contributed by atoms with Crippen LogP contribution in [-0.2, 0) is 25.6 Å². The molecule has 10 nitrogen and oxygen atoms in total. The fourth-order valence-electron chi connectivity index (χ4n) is 4.35. The van der Waals surface area contributed by atoms with Crippen molar-refractivity contribution >= 4 is 5.97 Å². The molecule has 0 aliphatic carbocycles. The lowest BCUT2D eigenvalue weighted by atomic mass is 10.00. The van der Waals surface area contributed by atoms with Crippen molar-refractivity contribution in [3.8, 4) is 5.75 Å². The Hall–Kier alpha value is -3.73. The van der Waals surface area contributed by atoms with Crippen LogP contribution in [0.4, 0.5) is 0 Å². The Morgan fingerprint density at radius 2 is 1.89 bits per heavy atom. The van der Waals surface area contributed by atoms with Crippen LogP contribution in [-0.4, -0.2) is 53.7 Å². The van der Waals surface area contributed by atoms with Gasteiger partial charge in [-0.1, -0.05) is 30.3 Å². The molecule has 0 spiro atoms. The minimum absolute atomic E-state index is 0.113. The van der Waals surface area contributed by atoms with Crippen LogP contribution in [0, 0.1) is 0 Å². The van der Waals surface area contributed by atoms with Crippen LogP contribution in [0.2, 0.25) is 0 Å². The summed E-state index contributed by atoms with van der Waals surface area (Å²) in [5.41, 5.74) is -0.993. The zero-order chi connectivity index (χ0) is 24.4. The Bertz CT molecular complexity index is 1300. The van der Waals surface area contributed by atoms with Gasteiger partial charge in [0.25, 0.3) is 5.56 Å². The van der Waals surface area contributed by atoms with Gasteiger partial charge >= 0.3 is 11.7 Å². The van der Waals surface area contributed by atoms with Gasteiger partial charge in [0, 0.05) is 12.3 Å². The van der Waals surface area contributed by atoms with Crippen molar-refractivity contribution in [1.29, 1.82) is 0 Å². The van der Waals surface area contributed by atoms with Gasteiger partial charge in [0.05, 0.1) is 25.9 Å². The maximum atomic E-state index is 12.6. The number of hydrogen-bond acceptors (Lipinski definition) is 8. The maximum Gasteiger partial charge on any atom is 0.338 e. The summed E-state index contributed by atoms with van der Waals surface area (Å²) in [7, 11) is 1.59. The Morgan fingerprint density at radius 3 is 2.60 bits per heavy atom. The molecule has 3 heterocycles. The molecule has 0 amide bonds. The van der Waals surface area contributed by atoms with Crippen LogP contribution in [0.15, 0.2) is 76.4 Å². The number of aromatic amines is 1. The summed E-state index contributed by atoms with van der Waals surface area (Å²) in [5.74, 6) is 0.216. The van der Waals surface area contributed by atoms with Crippen molar-refractivity contribution < 1.29 is 28.5 Å². The Morgan fingerprint density at radius 1 is 1.11 bits per heavy atom. The number of aromatic nitrogens is 2. The number of carbonyl (C=O) groups is 1. The summed E-state index contributed by atoms with van der Waals surface area (Å²) in [4.78, 5) is 38.8. The van der Waals surface area contributed by atoms with Gasteiger partial charge < -0.3 is 23.7 Å². The zero-order valence-electron chi connectivity index (χ0n) is 18.9. The standard InChI is InChI=1S/C25H24N2O8/c1-31-18-9-7-16(8-10-18)13-32-21-20-22(27-12-11-19(28)26-24(27)30)35-25(21,14-33-20)15-34-23(29)17-5-3-2-4-6-17/h2-12,20-22H,13-15H2,1H3,(H,26,28,30)/t20?,21-,22-,25-/m1/s1. The van der Waals surface area contributed by atoms with Crippen LogP contribution >= 0.6 is 0 Å². The molecule has 2 aromatic carbocycles. The van der Waals surface area contributed by atoms with Crippen molar-refractivity contribution in [3.05, 3.63) is 98.8 Å². The van der Waals surface area contributed by atoms with Crippen LogP contribution in [0.25, 0.3) is 0 Å². The largest absolute Gasteiger partial charge is 0.497 e. The van der Waals surface area contributed by atoms with Gasteiger partial charge in [-0.2, -0.15) is 0 Å². The second-order valence-corrected chi connectivity index (χ2v) is 8.39. The number of methoxy groups -OCH3 is 1. The van der Waals surface area contributed by atoms with Gasteiger partial charge in [0.2, 0.25) is 0 Å². The number of rotatable bonds is 8. The Balaban J connectivity index is 1.39. The molecule has 2 fully saturated rings. The van der Waals surface area contributed by atoms with Gasteiger partial charge in [0.15, 0.2) is 11.8 Å². The van der Waals surface area contributed by atoms with E-state index in [9.17, 15) is 14.4 Å². The highest BCUT2D eigenvalue weighted by atomic mass is 16.7. The van der Waals surface area contributed by atoms with Crippen LogP contribution < -0.4 is 16.0 Å². The Kier molecular flexibility index (Phi) is 6.25. The molecule has 1 unspecified atom stereocenters. The molecule has 10 heteroatoms. The first kappa shape index (κ1) is 23.0. The van der Waals surface area contributed by atoms with Crippen LogP contribution in [0.5, 0.6) is 5.75 Å². The molecule has 2 saturated heterocycles. The number of H-pyrrole nitrogens is 1. The number of ether oxygens (including phenoxy) is 5. The molecule has 2 aliphatic heterocycles. The molecule has 2 aliphatic rings. The topological polar surface area (TPSA) is 118 Å². The highest BCUT2D eigenvalue weighted by Crippen LogP contribution is 2.46. The number of benzene rings is 2. The highest BCUT2D eigenvalue weighted by molar-refractivity contribution is 5.89. The summed E-state index contributed by atoms with van der Waals surface area (Å²) in [5, 5.41) is 0. The fourth-order valence-corrected chi connectivity index (χ4v) is 4.35. The number of hydrogen-bond donors (Lipinski definition) is 1. The SMILES string of the molecule is COc1ccc(CO[C@@H]2C3OC[C@]2(COC(=O)c2ccccc2)O[C@H]3n2ccc(=O)[nH]c2=O)cc1. The first-order valence-electron chi connectivity index (χ1n) is 11.1. The van der Waals surface area contributed by atoms with E-state index < -0.39 is 41.3 Å². The van der Waals surface area contributed by atoms with E-state index in [1.165, 1.54) is 16.8 Å². The second-order valence-electron chi connectivity index (χ2n) is 8.39. The fraction of sp³-hybridized carbons (Fsp3) is 0.320. The summed E-state index contributed by atoms with van der Waals surface area (Å²) in [6.45, 7) is 0.209.